The number of sulfonamides is 1. The third-order valence-electron chi connectivity index (χ3n) is 7.93. The van der Waals surface area contributed by atoms with Crippen molar-refractivity contribution in [3.63, 3.8) is 0 Å². The van der Waals surface area contributed by atoms with Crippen LogP contribution in [-0.2, 0) is 37.4 Å². The molecular formula is C36H39N3O8S. The molecule has 12 heteroatoms. The van der Waals surface area contributed by atoms with Gasteiger partial charge in [-0.05, 0) is 65.2 Å². The number of ether oxygens (including phenoxy) is 4. The van der Waals surface area contributed by atoms with Gasteiger partial charge >= 0.3 is 0 Å². The van der Waals surface area contributed by atoms with E-state index in [4.69, 9.17) is 18.9 Å². The van der Waals surface area contributed by atoms with Crippen molar-refractivity contribution in [1.82, 2.24) is 14.5 Å². The Morgan fingerprint density at radius 1 is 0.792 bits per heavy atom. The summed E-state index contributed by atoms with van der Waals surface area (Å²) in [7, 11) is -0.517. The number of hydrogen-bond donors (Lipinski definition) is 1. The average Bonchev–Trinajstić information content (AvgIpc) is 3.14. The summed E-state index contributed by atoms with van der Waals surface area (Å²) in [6, 6.07) is 28.7. The van der Waals surface area contributed by atoms with Gasteiger partial charge < -0.3 is 29.2 Å². The molecule has 4 aromatic rings. The predicted molar refractivity (Wildman–Crippen MR) is 179 cm³/mol. The number of methoxy groups -OCH3 is 2. The summed E-state index contributed by atoms with van der Waals surface area (Å²) >= 11 is 0. The maximum atomic E-state index is 14.0. The standard InChI is InChI=1S/C36H39N3O8S/c1-44-30-12-8-27(9-13-30)24-37-36(41)35(29-6-4-3-5-7-29)39(25-28-10-14-31(45-2)15-11-28)34(40)26-47-32-16-18-33(19-17-32)48(42,43)38-20-22-46-23-21-38/h3-19,35H,20-26H2,1-2H3,(H,37,41)/t35-/m0/s1. The molecule has 1 atom stereocenters. The molecule has 0 spiro atoms. The van der Waals surface area contributed by atoms with E-state index in [0.29, 0.717) is 36.0 Å². The van der Waals surface area contributed by atoms with E-state index in [1.165, 1.54) is 33.5 Å². The molecule has 1 heterocycles. The lowest BCUT2D eigenvalue weighted by Crippen LogP contribution is -2.45. The fourth-order valence-corrected chi connectivity index (χ4v) is 6.67. The smallest absolute Gasteiger partial charge is 0.261 e. The maximum Gasteiger partial charge on any atom is 0.261 e. The number of hydrogen-bond acceptors (Lipinski definition) is 8. The van der Waals surface area contributed by atoms with Crippen molar-refractivity contribution in [3.8, 4) is 17.2 Å². The molecule has 1 aliphatic heterocycles. The van der Waals surface area contributed by atoms with Crippen LogP contribution in [0.25, 0.3) is 0 Å². The van der Waals surface area contributed by atoms with Crippen molar-refractivity contribution in [2.45, 2.75) is 24.0 Å². The molecule has 5 rings (SSSR count). The summed E-state index contributed by atoms with van der Waals surface area (Å²) in [5, 5.41) is 2.99. The molecule has 1 N–H and O–H groups in total. The van der Waals surface area contributed by atoms with E-state index in [2.05, 4.69) is 5.32 Å². The van der Waals surface area contributed by atoms with Crippen LogP contribution in [0.1, 0.15) is 22.7 Å². The monoisotopic (exact) mass is 673 g/mol. The highest BCUT2D eigenvalue weighted by Gasteiger charge is 2.32. The van der Waals surface area contributed by atoms with E-state index in [9.17, 15) is 18.0 Å². The summed E-state index contributed by atoms with van der Waals surface area (Å²) in [5.41, 5.74) is 2.28. The number of rotatable bonds is 14. The van der Waals surface area contributed by atoms with Gasteiger partial charge in [0.15, 0.2) is 6.61 Å². The van der Waals surface area contributed by atoms with Gasteiger partial charge in [0.1, 0.15) is 23.3 Å². The second-order valence-electron chi connectivity index (χ2n) is 11.0. The van der Waals surface area contributed by atoms with Crippen molar-refractivity contribution >= 4 is 21.8 Å². The predicted octanol–water partition coefficient (Wildman–Crippen LogP) is 4.19. The van der Waals surface area contributed by atoms with Gasteiger partial charge in [0, 0.05) is 26.2 Å². The molecule has 0 saturated carbocycles. The minimum atomic E-state index is -3.68. The third kappa shape index (κ3) is 8.71. The molecule has 0 unspecified atom stereocenters. The third-order valence-corrected chi connectivity index (χ3v) is 9.84. The molecule has 4 aromatic carbocycles. The van der Waals surface area contributed by atoms with E-state index in [1.807, 2.05) is 54.6 Å². The van der Waals surface area contributed by atoms with Gasteiger partial charge in [-0.15, -0.1) is 0 Å². The molecule has 48 heavy (non-hydrogen) atoms. The summed E-state index contributed by atoms with van der Waals surface area (Å²) in [6.45, 7) is 1.23. The van der Waals surface area contributed by atoms with E-state index in [-0.39, 0.29) is 43.6 Å². The highest BCUT2D eigenvalue weighted by atomic mass is 32.2. The molecule has 252 valence electrons. The molecule has 0 bridgehead atoms. The van der Waals surface area contributed by atoms with Crippen molar-refractivity contribution in [2.75, 3.05) is 47.1 Å². The van der Waals surface area contributed by atoms with Crippen molar-refractivity contribution in [3.05, 3.63) is 120 Å². The fraction of sp³-hybridized carbons (Fsp3) is 0.278. The number of morpholine rings is 1. The Bertz CT molecular complexity index is 1740. The minimum Gasteiger partial charge on any atom is -0.497 e. The number of benzene rings is 4. The van der Waals surface area contributed by atoms with Crippen LogP contribution in [0.3, 0.4) is 0 Å². The number of nitrogens with zero attached hydrogens (tertiary/aromatic N) is 2. The molecule has 1 saturated heterocycles. The Kier molecular flexibility index (Phi) is 11.7. The van der Waals surface area contributed by atoms with Gasteiger partial charge in [-0.25, -0.2) is 8.42 Å². The van der Waals surface area contributed by atoms with Gasteiger partial charge in [-0.1, -0.05) is 54.6 Å². The van der Waals surface area contributed by atoms with Gasteiger partial charge in [0.05, 0.1) is 32.3 Å². The highest BCUT2D eigenvalue weighted by molar-refractivity contribution is 7.89. The molecule has 11 nitrogen and oxygen atoms in total. The first-order valence-electron chi connectivity index (χ1n) is 15.5. The molecule has 0 aliphatic carbocycles. The SMILES string of the molecule is COc1ccc(CNC(=O)[C@H](c2ccccc2)N(Cc2ccc(OC)cc2)C(=O)COc2ccc(S(=O)(=O)N3CCOCC3)cc2)cc1. The van der Waals surface area contributed by atoms with Crippen LogP contribution in [0.4, 0.5) is 0 Å². The largest absolute Gasteiger partial charge is 0.497 e. The molecule has 1 aliphatic rings. The molecule has 0 radical (unpaired) electrons. The van der Waals surface area contributed by atoms with Gasteiger partial charge in [-0.2, -0.15) is 4.31 Å². The summed E-state index contributed by atoms with van der Waals surface area (Å²) in [6.07, 6.45) is 0. The zero-order valence-electron chi connectivity index (χ0n) is 26.9. The second kappa shape index (κ2) is 16.3. The number of carbonyl (C=O) groups excluding carboxylic acids is 2. The number of amides is 2. The Hall–Kier alpha value is -4.91. The van der Waals surface area contributed by atoms with E-state index < -0.39 is 22.0 Å². The van der Waals surface area contributed by atoms with Crippen LogP contribution in [0, 0.1) is 0 Å². The summed E-state index contributed by atoms with van der Waals surface area (Å²) < 4.78 is 49.1. The normalized spacial score (nSPS) is 14.0. The topological polar surface area (TPSA) is 124 Å². The minimum absolute atomic E-state index is 0.110. The van der Waals surface area contributed by atoms with Crippen LogP contribution in [0.15, 0.2) is 108 Å². The Labute approximate surface area is 281 Å². The van der Waals surface area contributed by atoms with E-state index >= 15 is 0 Å². The van der Waals surface area contributed by atoms with Crippen molar-refractivity contribution in [2.24, 2.45) is 0 Å². The quantitative estimate of drug-likeness (QED) is 0.212. The Morgan fingerprint density at radius 2 is 1.35 bits per heavy atom. The summed E-state index contributed by atoms with van der Waals surface area (Å²) in [5.74, 6) is 0.877. The molecule has 0 aromatic heterocycles. The van der Waals surface area contributed by atoms with E-state index in [0.717, 1.165) is 11.1 Å². The fourth-order valence-electron chi connectivity index (χ4n) is 5.26. The van der Waals surface area contributed by atoms with Gasteiger partial charge in [-0.3, -0.25) is 9.59 Å². The first-order chi connectivity index (χ1) is 23.3. The molecular weight excluding hydrogens is 634 g/mol. The van der Waals surface area contributed by atoms with Gasteiger partial charge in [0.25, 0.3) is 5.91 Å². The summed E-state index contributed by atoms with van der Waals surface area (Å²) in [4.78, 5) is 29.6. The molecule has 1 fully saturated rings. The zero-order valence-corrected chi connectivity index (χ0v) is 27.7. The Morgan fingerprint density at radius 3 is 1.94 bits per heavy atom. The van der Waals surface area contributed by atoms with Crippen LogP contribution < -0.4 is 19.5 Å². The number of nitrogens with one attached hydrogen (secondary N) is 1. The first kappa shape index (κ1) is 34.4. The average molecular weight is 674 g/mol. The first-order valence-corrected chi connectivity index (χ1v) is 16.9. The Balaban J connectivity index is 1.37. The van der Waals surface area contributed by atoms with Crippen LogP contribution in [-0.4, -0.2) is 76.6 Å². The van der Waals surface area contributed by atoms with E-state index in [1.54, 1.807) is 38.5 Å². The lowest BCUT2D eigenvalue weighted by Gasteiger charge is -2.31. The zero-order chi connectivity index (χ0) is 33.9. The second-order valence-corrected chi connectivity index (χ2v) is 13.0. The lowest BCUT2D eigenvalue weighted by molar-refractivity contribution is -0.143. The van der Waals surface area contributed by atoms with Crippen LogP contribution >= 0.6 is 0 Å². The van der Waals surface area contributed by atoms with Crippen LogP contribution in [0.5, 0.6) is 17.2 Å². The maximum absolute atomic E-state index is 14.0. The number of carbonyl (C=O) groups is 2. The molecule has 2 amide bonds. The van der Waals surface area contributed by atoms with Crippen LogP contribution in [0.2, 0.25) is 0 Å². The lowest BCUT2D eigenvalue weighted by atomic mass is 10.0. The highest BCUT2D eigenvalue weighted by Crippen LogP contribution is 2.26. The van der Waals surface area contributed by atoms with Crippen molar-refractivity contribution < 1.29 is 37.0 Å². The van der Waals surface area contributed by atoms with Gasteiger partial charge in [0.2, 0.25) is 15.9 Å². The van der Waals surface area contributed by atoms with Crippen molar-refractivity contribution in [1.29, 1.82) is 0 Å².